The molecule has 0 fully saturated rings. The van der Waals surface area contributed by atoms with E-state index in [-0.39, 0.29) is 18.5 Å². The van der Waals surface area contributed by atoms with E-state index in [1.54, 1.807) is 17.0 Å². The number of carbonyl (C=O) groups is 1. The minimum absolute atomic E-state index is 0.0349. The Morgan fingerprint density at radius 3 is 2.52 bits per heavy atom. The second-order valence-electron chi connectivity index (χ2n) is 7.07. The highest BCUT2D eigenvalue weighted by molar-refractivity contribution is 6.30. The average molecular weight is 406 g/mol. The van der Waals surface area contributed by atoms with Crippen LogP contribution < -0.4 is 0 Å². The van der Waals surface area contributed by atoms with Crippen LogP contribution in [0.1, 0.15) is 30.1 Å². The van der Waals surface area contributed by atoms with Gasteiger partial charge < -0.3 is 9.42 Å². The molecule has 6 heteroatoms. The molecule has 0 aliphatic heterocycles. The Balaban J connectivity index is 1.62. The monoisotopic (exact) mass is 405 g/mol. The smallest absolute Gasteiger partial charge is 0.255 e. The van der Waals surface area contributed by atoms with Gasteiger partial charge in [0.05, 0.1) is 0 Å². The number of benzene rings is 3. The molecule has 1 aromatic heterocycles. The van der Waals surface area contributed by atoms with Crippen molar-refractivity contribution >= 4 is 28.3 Å². The van der Waals surface area contributed by atoms with Crippen LogP contribution in [0.4, 0.5) is 0 Å². The van der Waals surface area contributed by atoms with Crippen molar-refractivity contribution < 1.29 is 9.32 Å². The minimum atomic E-state index is -0.0666. The highest BCUT2D eigenvalue weighted by Gasteiger charge is 2.23. The molecule has 0 unspecified atom stereocenters. The van der Waals surface area contributed by atoms with Gasteiger partial charge in [-0.2, -0.15) is 4.98 Å². The minimum Gasteiger partial charge on any atom is -0.337 e. The number of carbonyl (C=O) groups excluding carboxylic acids is 1. The summed E-state index contributed by atoms with van der Waals surface area (Å²) < 4.78 is 5.42. The first kappa shape index (κ1) is 19.2. The lowest BCUT2D eigenvalue weighted by Crippen LogP contribution is -2.36. The molecule has 0 atom stereocenters. The van der Waals surface area contributed by atoms with E-state index in [9.17, 15) is 4.79 Å². The fraction of sp³-hybridized carbons (Fsp3) is 0.174. The zero-order valence-electron chi connectivity index (χ0n) is 16.2. The van der Waals surface area contributed by atoms with Crippen LogP contribution >= 0.6 is 11.6 Å². The predicted molar refractivity (Wildman–Crippen MR) is 114 cm³/mol. The van der Waals surface area contributed by atoms with Crippen LogP contribution in [0, 0.1) is 0 Å². The Bertz CT molecular complexity index is 1150. The van der Waals surface area contributed by atoms with Crippen molar-refractivity contribution in [1.29, 1.82) is 0 Å². The maximum atomic E-state index is 13.3. The zero-order chi connectivity index (χ0) is 20.4. The molecule has 0 saturated heterocycles. The normalized spacial score (nSPS) is 11.2. The van der Waals surface area contributed by atoms with Gasteiger partial charge >= 0.3 is 0 Å². The molecule has 0 aliphatic rings. The number of hydrogen-bond acceptors (Lipinski definition) is 4. The predicted octanol–water partition coefficient (Wildman–Crippen LogP) is 5.59. The van der Waals surface area contributed by atoms with Crippen molar-refractivity contribution in [2.75, 3.05) is 0 Å². The third-order valence-electron chi connectivity index (χ3n) is 4.78. The Morgan fingerprint density at radius 2 is 1.76 bits per heavy atom. The van der Waals surface area contributed by atoms with Gasteiger partial charge in [0.1, 0.15) is 6.54 Å². The van der Waals surface area contributed by atoms with Crippen LogP contribution in [-0.4, -0.2) is 27.0 Å². The maximum absolute atomic E-state index is 13.3. The van der Waals surface area contributed by atoms with Crippen LogP contribution in [0.15, 0.2) is 71.3 Å². The van der Waals surface area contributed by atoms with Gasteiger partial charge in [-0.15, -0.1) is 0 Å². The van der Waals surface area contributed by atoms with Gasteiger partial charge in [0.2, 0.25) is 11.7 Å². The number of nitrogens with zero attached hydrogens (tertiary/aromatic N) is 3. The highest BCUT2D eigenvalue weighted by atomic mass is 35.5. The van der Waals surface area contributed by atoms with Crippen LogP contribution in [-0.2, 0) is 6.54 Å². The third-order valence-corrected chi connectivity index (χ3v) is 5.03. The Hall–Kier alpha value is -3.18. The molecule has 1 heterocycles. The van der Waals surface area contributed by atoms with Crippen molar-refractivity contribution in [1.82, 2.24) is 15.0 Å². The summed E-state index contributed by atoms with van der Waals surface area (Å²) >= 11 is 5.93. The highest BCUT2D eigenvalue weighted by Crippen LogP contribution is 2.23. The third kappa shape index (κ3) is 4.00. The Morgan fingerprint density at radius 1 is 1.03 bits per heavy atom. The molecule has 1 amide bonds. The SMILES string of the molecule is CC(C)N(Cc1nc(-c2ccc(Cl)cc2)no1)C(=O)c1cccc2ccccc12. The second kappa shape index (κ2) is 8.05. The molecule has 146 valence electrons. The summed E-state index contributed by atoms with van der Waals surface area (Å²) in [5.74, 6) is 0.790. The summed E-state index contributed by atoms with van der Waals surface area (Å²) in [6.45, 7) is 4.18. The van der Waals surface area contributed by atoms with E-state index in [4.69, 9.17) is 16.1 Å². The van der Waals surface area contributed by atoms with Crippen LogP contribution in [0.5, 0.6) is 0 Å². The molecule has 5 nitrogen and oxygen atoms in total. The second-order valence-corrected chi connectivity index (χ2v) is 7.51. The van der Waals surface area contributed by atoms with Crippen LogP contribution in [0.3, 0.4) is 0 Å². The van der Waals surface area contributed by atoms with Gasteiger partial charge in [-0.3, -0.25) is 4.79 Å². The lowest BCUT2D eigenvalue weighted by Gasteiger charge is -2.25. The topological polar surface area (TPSA) is 59.2 Å². The number of fused-ring (bicyclic) bond motifs is 1. The molecule has 29 heavy (non-hydrogen) atoms. The van der Waals surface area contributed by atoms with Gasteiger partial charge in [-0.1, -0.05) is 53.2 Å². The van der Waals surface area contributed by atoms with Crippen LogP contribution in [0.2, 0.25) is 5.02 Å². The van der Waals surface area contributed by atoms with Gasteiger partial charge in [-0.25, -0.2) is 0 Å². The fourth-order valence-corrected chi connectivity index (χ4v) is 3.36. The van der Waals surface area contributed by atoms with E-state index in [1.165, 1.54) is 0 Å². The number of amides is 1. The van der Waals surface area contributed by atoms with Gasteiger partial charge in [-0.05, 0) is 55.0 Å². The van der Waals surface area contributed by atoms with Crippen LogP contribution in [0.25, 0.3) is 22.2 Å². The zero-order valence-corrected chi connectivity index (χ0v) is 16.9. The van der Waals surface area contributed by atoms with E-state index in [0.29, 0.717) is 22.3 Å². The Labute approximate surface area is 173 Å². The van der Waals surface area contributed by atoms with Crippen molar-refractivity contribution in [2.24, 2.45) is 0 Å². The molecule has 0 saturated carbocycles. The molecule has 0 aliphatic carbocycles. The van der Waals surface area contributed by atoms with Crippen molar-refractivity contribution in [3.8, 4) is 11.4 Å². The van der Waals surface area contributed by atoms with E-state index >= 15 is 0 Å². The standard InChI is InChI=1S/C23H20ClN3O2/c1-15(2)27(23(28)20-9-5-7-16-6-3-4-8-19(16)20)14-21-25-22(26-29-21)17-10-12-18(24)13-11-17/h3-13,15H,14H2,1-2H3. The summed E-state index contributed by atoms with van der Waals surface area (Å²) in [4.78, 5) is 19.5. The van der Waals surface area contributed by atoms with Gasteiger partial charge in [0, 0.05) is 22.2 Å². The molecular formula is C23H20ClN3O2. The van der Waals surface area contributed by atoms with Crippen molar-refractivity contribution in [3.63, 3.8) is 0 Å². The molecular weight excluding hydrogens is 386 g/mol. The van der Waals surface area contributed by atoms with E-state index in [0.717, 1.165) is 16.3 Å². The first-order valence-electron chi connectivity index (χ1n) is 9.40. The average Bonchev–Trinajstić information content (AvgIpc) is 3.20. The fourth-order valence-electron chi connectivity index (χ4n) is 3.24. The quantitative estimate of drug-likeness (QED) is 0.434. The summed E-state index contributed by atoms with van der Waals surface area (Å²) in [5.41, 5.74) is 1.47. The first-order valence-corrected chi connectivity index (χ1v) is 9.78. The Kier molecular flexibility index (Phi) is 5.32. The molecule has 0 spiro atoms. The number of halogens is 1. The molecule has 4 rings (SSSR count). The number of aromatic nitrogens is 2. The molecule has 0 N–H and O–H groups in total. The number of rotatable bonds is 5. The summed E-state index contributed by atoms with van der Waals surface area (Å²) in [5, 5.41) is 6.65. The van der Waals surface area contributed by atoms with E-state index < -0.39 is 0 Å². The molecule has 3 aromatic carbocycles. The summed E-state index contributed by atoms with van der Waals surface area (Å²) in [6.07, 6.45) is 0. The summed E-state index contributed by atoms with van der Waals surface area (Å²) in [7, 11) is 0. The lowest BCUT2D eigenvalue weighted by atomic mass is 10.0. The van der Waals surface area contributed by atoms with E-state index in [1.807, 2.05) is 68.4 Å². The van der Waals surface area contributed by atoms with E-state index in [2.05, 4.69) is 10.1 Å². The first-order chi connectivity index (χ1) is 14.0. The van der Waals surface area contributed by atoms with Gasteiger partial charge in [0.15, 0.2) is 0 Å². The molecule has 4 aromatic rings. The molecule has 0 radical (unpaired) electrons. The van der Waals surface area contributed by atoms with Crippen molar-refractivity contribution in [2.45, 2.75) is 26.4 Å². The maximum Gasteiger partial charge on any atom is 0.255 e. The van der Waals surface area contributed by atoms with Gasteiger partial charge in [0.25, 0.3) is 5.91 Å². The van der Waals surface area contributed by atoms with Crippen molar-refractivity contribution in [3.05, 3.63) is 83.2 Å². The number of hydrogen-bond donors (Lipinski definition) is 0. The lowest BCUT2D eigenvalue weighted by molar-refractivity contribution is 0.0669. The summed E-state index contributed by atoms with van der Waals surface area (Å²) in [6, 6.07) is 20.8. The molecule has 0 bridgehead atoms. The largest absolute Gasteiger partial charge is 0.337 e.